The molecule has 2 heteroatoms. The third kappa shape index (κ3) is 4.30. The molecule has 12 aromatic rings. The van der Waals surface area contributed by atoms with E-state index in [4.69, 9.17) is 0 Å². The fourth-order valence-electron chi connectivity index (χ4n) is 9.10. The van der Waals surface area contributed by atoms with Gasteiger partial charge in [0.15, 0.2) is 0 Å². The van der Waals surface area contributed by atoms with Crippen LogP contribution in [0.4, 0.5) is 0 Å². The topological polar surface area (TPSA) is 0 Å². The average molecular weight is 719 g/mol. The molecule has 0 nitrogen and oxygen atoms in total. The van der Waals surface area contributed by atoms with Crippen molar-refractivity contribution in [2.45, 2.75) is 0 Å². The summed E-state index contributed by atoms with van der Waals surface area (Å²) in [7, 11) is 0. The van der Waals surface area contributed by atoms with Crippen molar-refractivity contribution in [2.24, 2.45) is 0 Å². The first-order valence-corrected chi connectivity index (χ1v) is 20.1. The molecule has 2 aromatic heterocycles. The van der Waals surface area contributed by atoms with Crippen molar-refractivity contribution < 1.29 is 0 Å². The monoisotopic (exact) mass is 718 g/mol. The Labute approximate surface area is 319 Å². The Morgan fingerprint density at radius 3 is 1.22 bits per heavy atom. The second-order valence-corrected chi connectivity index (χ2v) is 16.4. The van der Waals surface area contributed by atoms with Crippen molar-refractivity contribution in [3.8, 4) is 33.4 Å². The van der Waals surface area contributed by atoms with Crippen molar-refractivity contribution in [2.75, 3.05) is 0 Å². The van der Waals surface area contributed by atoms with E-state index in [-0.39, 0.29) is 0 Å². The summed E-state index contributed by atoms with van der Waals surface area (Å²) in [5, 5.41) is 15.6. The highest BCUT2D eigenvalue weighted by Gasteiger charge is 2.21. The van der Waals surface area contributed by atoms with E-state index < -0.39 is 0 Å². The lowest BCUT2D eigenvalue weighted by molar-refractivity contribution is 1.66. The summed E-state index contributed by atoms with van der Waals surface area (Å²) in [6, 6.07) is 67.9. The normalized spacial score (nSPS) is 12.1. The molecule has 0 aliphatic heterocycles. The van der Waals surface area contributed by atoms with Crippen molar-refractivity contribution in [3.05, 3.63) is 182 Å². The summed E-state index contributed by atoms with van der Waals surface area (Å²) < 4.78 is 5.34. The van der Waals surface area contributed by atoms with Gasteiger partial charge in [0.25, 0.3) is 0 Å². The Hall–Kier alpha value is -6.32. The van der Waals surface area contributed by atoms with Crippen LogP contribution in [0.25, 0.3) is 117 Å². The summed E-state index contributed by atoms with van der Waals surface area (Å²) >= 11 is 3.83. The molecule has 0 saturated heterocycles. The first-order valence-electron chi connectivity index (χ1n) is 18.5. The molecular formula is C52H30S2. The quantitative estimate of drug-likeness (QED) is 0.160. The smallest absolute Gasteiger partial charge is 0.0440 e. The molecule has 0 amide bonds. The van der Waals surface area contributed by atoms with Crippen LogP contribution in [0.2, 0.25) is 0 Å². The fourth-order valence-corrected chi connectivity index (χ4v) is 11.6. The van der Waals surface area contributed by atoms with Gasteiger partial charge in [-0.3, -0.25) is 0 Å². The minimum Gasteiger partial charge on any atom is -0.135 e. The fraction of sp³-hybridized carbons (Fsp3) is 0. The lowest BCUT2D eigenvalue weighted by atomic mass is 9.85. The number of thiophene rings is 2. The number of fused-ring (bicyclic) bond motifs is 12. The largest absolute Gasteiger partial charge is 0.135 e. The standard InChI is InChI=1S/C52H30S2/c1-2-14-31(15-3-1)48-38-24-12-22-36(44-28-32-16-4-6-18-34(32)49-40-20-8-10-26-46(40)53-51(44)49)42(38)30-43-37(23-13-25-39(43)48)45-29-33-17-5-7-19-35(33)50-41-21-9-11-27-47(41)54-52(45)50/h1-30H. The van der Waals surface area contributed by atoms with Gasteiger partial charge in [-0.05, 0) is 95.7 Å². The van der Waals surface area contributed by atoms with Gasteiger partial charge in [0, 0.05) is 51.5 Å². The van der Waals surface area contributed by atoms with Crippen LogP contribution in [0.1, 0.15) is 0 Å². The van der Waals surface area contributed by atoms with Gasteiger partial charge in [-0.1, -0.05) is 152 Å². The van der Waals surface area contributed by atoms with Gasteiger partial charge in [-0.25, -0.2) is 0 Å². The van der Waals surface area contributed by atoms with Crippen molar-refractivity contribution in [1.29, 1.82) is 0 Å². The number of hydrogen-bond donors (Lipinski definition) is 0. The van der Waals surface area contributed by atoms with E-state index in [1.165, 1.54) is 117 Å². The van der Waals surface area contributed by atoms with E-state index in [0.717, 1.165) is 0 Å². The van der Waals surface area contributed by atoms with Crippen LogP contribution in [-0.2, 0) is 0 Å². The zero-order valence-corrected chi connectivity index (χ0v) is 30.8. The Kier molecular flexibility index (Phi) is 6.48. The Balaban J connectivity index is 1.25. The Morgan fingerprint density at radius 2 is 0.704 bits per heavy atom. The zero-order chi connectivity index (χ0) is 35.3. The molecule has 10 aromatic carbocycles. The van der Waals surface area contributed by atoms with E-state index in [2.05, 4.69) is 182 Å². The molecule has 0 spiro atoms. The van der Waals surface area contributed by atoms with Gasteiger partial charge in [-0.15, -0.1) is 22.7 Å². The minimum absolute atomic E-state index is 1.23. The zero-order valence-electron chi connectivity index (χ0n) is 29.1. The molecule has 2 heterocycles. The first-order chi connectivity index (χ1) is 26.8. The van der Waals surface area contributed by atoms with Crippen LogP contribution in [0.3, 0.4) is 0 Å². The van der Waals surface area contributed by atoms with E-state index in [9.17, 15) is 0 Å². The average Bonchev–Trinajstić information content (AvgIpc) is 3.82. The molecule has 0 aliphatic rings. The van der Waals surface area contributed by atoms with Crippen LogP contribution in [0.5, 0.6) is 0 Å². The van der Waals surface area contributed by atoms with Gasteiger partial charge in [0.1, 0.15) is 0 Å². The van der Waals surface area contributed by atoms with Crippen molar-refractivity contribution >= 4 is 106 Å². The summed E-state index contributed by atoms with van der Waals surface area (Å²) in [6.45, 7) is 0. The second kappa shape index (κ2) is 11.6. The molecule has 54 heavy (non-hydrogen) atoms. The van der Waals surface area contributed by atoms with Gasteiger partial charge in [0.05, 0.1) is 0 Å². The van der Waals surface area contributed by atoms with Crippen LogP contribution in [0, 0.1) is 0 Å². The highest BCUT2D eigenvalue weighted by molar-refractivity contribution is 7.27. The molecule has 0 atom stereocenters. The highest BCUT2D eigenvalue weighted by Crippen LogP contribution is 2.50. The van der Waals surface area contributed by atoms with E-state index in [1.807, 2.05) is 22.7 Å². The molecule has 250 valence electrons. The lowest BCUT2D eigenvalue weighted by Gasteiger charge is -2.18. The third-order valence-corrected chi connectivity index (χ3v) is 13.8. The number of rotatable bonds is 3. The predicted octanol–water partition coefficient (Wildman–Crippen LogP) is 16.0. The molecule has 0 bridgehead atoms. The van der Waals surface area contributed by atoms with E-state index in [1.54, 1.807) is 0 Å². The first kappa shape index (κ1) is 30.2. The second-order valence-electron chi connectivity index (χ2n) is 14.3. The molecule has 0 unspecified atom stereocenters. The molecule has 0 radical (unpaired) electrons. The van der Waals surface area contributed by atoms with Crippen molar-refractivity contribution in [3.63, 3.8) is 0 Å². The molecule has 0 N–H and O–H groups in total. The molecular weight excluding hydrogens is 689 g/mol. The maximum Gasteiger partial charge on any atom is 0.0440 e. The predicted molar refractivity (Wildman–Crippen MR) is 239 cm³/mol. The van der Waals surface area contributed by atoms with Gasteiger partial charge < -0.3 is 0 Å². The van der Waals surface area contributed by atoms with Gasteiger partial charge >= 0.3 is 0 Å². The maximum atomic E-state index is 2.50. The summed E-state index contributed by atoms with van der Waals surface area (Å²) in [5.41, 5.74) is 7.66. The SMILES string of the molecule is c1ccc(-c2c3cccc(-c4cc5ccccc5c5c4sc4ccccc45)c3cc3c(-c4cc5ccccc5c5c4sc4ccccc45)cccc23)cc1. The molecule has 0 aliphatic carbocycles. The third-order valence-electron chi connectivity index (χ3n) is 11.4. The van der Waals surface area contributed by atoms with Gasteiger partial charge in [0.2, 0.25) is 0 Å². The molecule has 12 rings (SSSR count). The van der Waals surface area contributed by atoms with Crippen LogP contribution in [0.15, 0.2) is 182 Å². The summed E-state index contributed by atoms with van der Waals surface area (Å²) in [5.74, 6) is 0. The Bertz CT molecular complexity index is 3280. The number of hydrogen-bond acceptors (Lipinski definition) is 2. The molecule has 0 fully saturated rings. The minimum atomic E-state index is 1.23. The van der Waals surface area contributed by atoms with Crippen LogP contribution < -0.4 is 0 Å². The van der Waals surface area contributed by atoms with Crippen LogP contribution in [-0.4, -0.2) is 0 Å². The summed E-state index contributed by atoms with van der Waals surface area (Å²) in [6.07, 6.45) is 0. The van der Waals surface area contributed by atoms with E-state index in [0.29, 0.717) is 0 Å². The molecule has 0 saturated carbocycles. The lowest BCUT2D eigenvalue weighted by Crippen LogP contribution is -1.91. The van der Waals surface area contributed by atoms with E-state index >= 15 is 0 Å². The number of benzene rings is 10. The maximum absolute atomic E-state index is 2.50. The highest BCUT2D eigenvalue weighted by atomic mass is 32.1. The Morgan fingerprint density at radius 1 is 0.278 bits per heavy atom. The summed E-state index contributed by atoms with van der Waals surface area (Å²) in [4.78, 5) is 0. The van der Waals surface area contributed by atoms with Crippen molar-refractivity contribution in [1.82, 2.24) is 0 Å². The van der Waals surface area contributed by atoms with Crippen LogP contribution >= 0.6 is 22.7 Å². The van der Waals surface area contributed by atoms with Gasteiger partial charge in [-0.2, -0.15) is 0 Å².